The second kappa shape index (κ2) is 11.4. The molecule has 0 saturated heterocycles. The zero-order valence-corrected chi connectivity index (χ0v) is 19.2. The molecule has 1 atom stereocenters. The molecule has 0 aliphatic heterocycles. The van der Waals surface area contributed by atoms with Crippen molar-refractivity contribution in [3.63, 3.8) is 0 Å². The first-order valence-electron chi connectivity index (χ1n) is 11.5. The third kappa shape index (κ3) is 5.95. The standard InChI is InChI=1S/C28H29NO5/c1-32-26(30)19-33-25-14-8-13-23-17-20(15-16-24(23)25)18-29-28(31)34-27(21-9-4-2-5-10-21)22-11-6-3-7-12-22/h2-14,20,27H,15-19H2,1H3,(H,29,31). The van der Waals surface area contributed by atoms with Crippen molar-refractivity contribution in [1.29, 1.82) is 0 Å². The molecule has 0 fully saturated rings. The zero-order valence-electron chi connectivity index (χ0n) is 19.2. The van der Waals surface area contributed by atoms with Gasteiger partial charge in [0.25, 0.3) is 0 Å². The van der Waals surface area contributed by atoms with Crippen LogP contribution in [0.25, 0.3) is 0 Å². The lowest BCUT2D eigenvalue weighted by Gasteiger charge is -2.27. The van der Waals surface area contributed by atoms with Crippen LogP contribution in [0.1, 0.15) is 34.8 Å². The molecule has 34 heavy (non-hydrogen) atoms. The highest BCUT2D eigenvalue weighted by Gasteiger charge is 2.24. The van der Waals surface area contributed by atoms with Crippen LogP contribution in [0.4, 0.5) is 4.79 Å². The first-order valence-corrected chi connectivity index (χ1v) is 11.5. The summed E-state index contributed by atoms with van der Waals surface area (Å²) >= 11 is 0. The van der Waals surface area contributed by atoms with E-state index in [1.165, 1.54) is 12.7 Å². The number of benzene rings is 3. The van der Waals surface area contributed by atoms with Gasteiger partial charge in [0.15, 0.2) is 12.7 Å². The van der Waals surface area contributed by atoms with Gasteiger partial charge < -0.3 is 19.5 Å². The summed E-state index contributed by atoms with van der Waals surface area (Å²) in [5.74, 6) is 0.614. The van der Waals surface area contributed by atoms with Crippen molar-refractivity contribution in [3.05, 3.63) is 101 Å². The molecule has 0 aromatic heterocycles. The molecule has 176 valence electrons. The van der Waals surface area contributed by atoms with E-state index in [-0.39, 0.29) is 6.61 Å². The predicted molar refractivity (Wildman–Crippen MR) is 129 cm³/mol. The number of fused-ring (bicyclic) bond motifs is 1. The van der Waals surface area contributed by atoms with E-state index < -0.39 is 18.2 Å². The maximum Gasteiger partial charge on any atom is 0.408 e. The molecule has 4 rings (SSSR count). The van der Waals surface area contributed by atoms with Gasteiger partial charge in [-0.1, -0.05) is 72.8 Å². The molecule has 1 N–H and O–H groups in total. The SMILES string of the molecule is COC(=O)COc1cccc2c1CCC(CNC(=O)OC(c1ccccc1)c1ccccc1)C2. The predicted octanol–water partition coefficient (Wildman–Crippen LogP) is 4.86. The van der Waals surface area contributed by atoms with Crippen molar-refractivity contribution in [1.82, 2.24) is 5.32 Å². The minimum atomic E-state index is -0.469. The van der Waals surface area contributed by atoms with Crippen LogP contribution < -0.4 is 10.1 Å². The maximum absolute atomic E-state index is 12.7. The lowest BCUT2D eigenvalue weighted by Crippen LogP contribution is -2.33. The fraction of sp³-hybridized carbons (Fsp3) is 0.286. The lowest BCUT2D eigenvalue weighted by molar-refractivity contribution is -0.142. The largest absolute Gasteiger partial charge is 0.482 e. The van der Waals surface area contributed by atoms with Crippen LogP contribution in [0.3, 0.4) is 0 Å². The summed E-state index contributed by atoms with van der Waals surface area (Å²) in [4.78, 5) is 24.1. The molecule has 6 heteroatoms. The summed E-state index contributed by atoms with van der Waals surface area (Å²) < 4.78 is 16.2. The summed E-state index contributed by atoms with van der Waals surface area (Å²) in [7, 11) is 1.34. The Bertz CT molecular complexity index is 1060. The lowest BCUT2D eigenvalue weighted by atomic mass is 9.83. The molecule has 0 radical (unpaired) electrons. The average Bonchev–Trinajstić information content (AvgIpc) is 2.90. The number of nitrogens with one attached hydrogen (secondary N) is 1. The molecule has 0 heterocycles. The number of ether oxygens (including phenoxy) is 3. The Kier molecular flexibility index (Phi) is 7.81. The topological polar surface area (TPSA) is 73.9 Å². The average molecular weight is 460 g/mol. The third-order valence-electron chi connectivity index (χ3n) is 6.08. The molecule has 1 aliphatic rings. The number of hydrogen-bond acceptors (Lipinski definition) is 5. The minimum absolute atomic E-state index is 0.103. The van der Waals surface area contributed by atoms with E-state index in [4.69, 9.17) is 9.47 Å². The summed E-state index contributed by atoms with van der Waals surface area (Å²) in [6, 6.07) is 25.4. The van der Waals surface area contributed by atoms with Crippen molar-refractivity contribution in [3.8, 4) is 5.75 Å². The molecule has 0 spiro atoms. The van der Waals surface area contributed by atoms with E-state index >= 15 is 0 Å². The van der Waals surface area contributed by atoms with Gasteiger partial charge in [0.05, 0.1) is 7.11 Å². The summed E-state index contributed by atoms with van der Waals surface area (Å²) in [5, 5.41) is 2.96. The van der Waals surface area contributed by atoms with Gasteiger partial charge in [-0.2, -0.15) is 0 Å². The van der Waals surface area contributed by atoms with Crippen LogP contribution in [0.15, 0.2) is 78.9 Å². The Balaban J connectivity index is 1.35. The Morgan fingerprint density at radius 1 is 0.941 bits per heavy atom. The molecular weight excluding hydrogens is 430 g/mol. The Labute approximate surface area is 199 Å². The molecule has 0 bridgehead atoms. The van der Waals surface area contributed by atoms with Crippen LogP contribution in [0.5, 0.6) is 5.75 Å². The van der Waals surface area contributed by atoms with Crippen molar-refractivity contribution < 1.29 is 23.8 Å². The quantitative estimate of drug-likeness (QED) is 0.487. The Hall–Kier alpha value is -3.80. The summed E-state index contributed by atoms with van der Waals surface area (Å²) in [6.45, 7) is 0.426. The molecule has 1 aliphatic carbocycles. The molecule has 6 nitrogen and oxygen atoms in total. The minimum Gasteiger partial charge on any atom is -0.482 e. The fourth-order valence-electron chi connectivity index (χ4n) is 4.31. The van der Waals surface area contributed by atoms with Gasteiger partial charge in [-0.3, -0.25) is 0 Å². The van der Waals surface area contributed by atoms with Gasteiger partial charge in [-0.15, -0.1) is 0 Å². The second-order valence-corrected chi connectivity index (χ2v) is 8.36. The van der Waals surface area contributed by atoms with E-state index in [9.17, 15) is 9.59 Å². The highest BCUT2D eigenvalue weighted by atomic mass is 16.6. The van der Waals surface area contributed by atoms with Gasteiger partial charge in [0.1, 0.15) is 5.75 Å². The van der Waals surface area contributed by atoms with Crippen LogP contribution >= 0.6 is 0 Å². The molecule has 3 aromatic rings. The number of methoxy groups -OCH3 is 1. The van der Waals surface area contributed by atoms with Crippen LogP contribution in [-0.2, 0) is 27.1 Å². The maximum atomic E-state index is 12.7. The number of hydrogen-bond donors (Lipinski definition) is 1. The van der Waals surface area contributed by atoms with E-state index in [0.717, 1.165) is 41.7 Å². The van der Waals surface area contributed by atoms with E-state index in [0.29, 0.717) is 12.5 Å². The first kappa shape index (κ1) is 23.4. The zero-order chi connectivity index (χ0) is 23.8. The van der Waals surface area contributed by atoms with E-state index in [1.807, 2.05) is 72.8 Å². The van der Waals surface area contributed by atoms with Gasteiger partial charge in [-0.25, -0.2) is 9.59 Å². The van der Waals surface area contributed by atoms with Gasteiger partial charge in [-0.05, 0) is 53.5 Å². The number of alkyl carbamates (subject to hydrolysis) is 1. The second-order valence-electron chi connectivity index (χ2n) is 8.36. The van der Waals surface area contributed by atoms with Gasteiger partial charge >= 0.3 is 12.1 Å². The van der Waals surface area contributed by atoms with E-state index in [1.54, 1.807) is 0 Å². The Morgan fingerprint density at radius 2 is 1.62 bits per heavy atom. The number of esters is 1. The van der Waals surface area contributed by atoms with Gasteiger partial charge in [0.2, 0.25) is 0 Å². The van der Waals surface area contributed by atoms with Crippen LogP contribution in [-0.4, -0.2) is 32.3 Å². The van der Waals surface area contributed by atoms with Gasteiger partial charge in [0, 0.05) is 6.54 Å². The van der Waals surface area contributed by atoms with Crippen molar-refractivity contribution in [2.45, 2.75) is 25.4 Å². The molecule has 3 aromatic carbocycles. The van der Waals surface area contributed by atoms with Crippen LogP contribution in [0.2, 0.25) is 0 Å². The summed E-state index contributed by atoms with van der Waals surface area (Å²) in [5.41, 5.74) is 4.16. The third-order valence-corrected chi connectivity index (χ3v) is 6.08. The van der Waals surface area contributed by atoms with Crippen molar-refractivity contribution in [2.24, 2.45) is 5.92 Å². The number of carbonyl (C=O) groups excluding carboxylic acids is 2. The molecule has 0 saturated carbocycles. The normalized spacial score (nSPS) is 14.7. The number of carbonyl (C=O) groups is 2. The monoisotopic (exact) mass is 459 g/mol. The van der Waals surface area contributed by atoms with Crippen molar-refractivity contribution >= 4 is 12.1 Å². The Morgan fingerprint density at radius 3 is 2.26 bits per heavy atom. The fourth-order valence-corrected chi connectivity index (χ4v) is 4.31. The number of rotatable bonds is 8. The highest BCUT2D eigenvalue weighted by Crippen LogP contribution is 2.32. The van der Waals surface area contributed by atoms with E-state index in [2.05, 4.69) is 16.1 Å². The molecule has 1 unspecified atom stereocenters. The first-order chi connectivity index (χ1) is 16.6. The molecular formula is C28H29NO5. The van der Waals surface area contributed by atoms with Crippen LogP contribution in [0, 0.1) is 5.92 Å². The summed E-state index contributed by atoms with van der Waals surface area (Å²) in [6.07, 6.45) is 1.66. The number of amides is 1. The van der Waals surface area contributed by atoms with Crippen molar-refractivity contribution in [2.75, 3.05) is 20.3 Å². The molecule has 1 amide bonds. The highest BCUT2D eigenvalue weighted by molar-refractivity contribution is 5.71. The smallest absolute Gasteiger partial charge is 0.408 e.